The second-order valence-electron chi connectivity index (χ2n) is 7.51. The number of ether oxygens (including phenoxy) is 2. The second kappa shape index (κ2) is 14.2. The summed E-state index contributed by atoms with van der Waals surface area (Å²) in [6.45, 7) is 5.62. The first kappa shape index (κ1) is 27.2. The molecule has 2 aromatic rings. The number of aromatic nitrogens is 3. The highest BCUT2D eigenvalue weighted by Gasteiger charge is 2.18. The Balaban J connectivity index is 0.000000251. The van der Waals surface area contributed by atoms with Crippen molar-refractivity contribution in [3.63, 3.8) is 0 Å². The van der Waals surface area contributed by atoms with E-state index in [1.165, 1.54) is 12.3 Å². The Labute approximate surface area is 205 Å². The first-order chi connectivity index (χ1) is 16.9. The van der Waals surface area contributed by atoms with Crippen molar-refractivity contribution in [2.24, 2.45) is 4.99 Å². The molecule has 0 atom stereocenters. The Hall–Kier alpha value is -4.09. The summed E-state index contributed by atoms with van der Waals surface area (Å²) in [6, 6.07) is 5.78. The van der Waals surface area contributed by atoms with Crippen LogP contribution in [-0.4, -0.2) is 90.7 Å². The van der Waals surface area contributed by atoms with E-state index in [4.69, 9.17) is 15.2 Å². The lowest BCUT2D eigenvalue weighted by atomic mass is 10.1. The minimum Gasteiger partial charge on any atom is -0.493 e. The van der Waals surface area contributed by atoms with Gasteiger partial charge in [-0.1, -0.05) is 6.07 Å². The molecule has 2 amide bonds. The van der Waals surface area contributed by atoms with Crippen LogP contribution in [0.15, 0.2) is 35.5 Å². The number of hydrogen-bond acceptors (Lipinski definition) is 8. The van der Waals surface area contributed by atoms with Crippen molar-refractivity contribution in [2.75, 3.05) is 53.2 Å². The van der Waals surface area contributed by atoms with Gasteiger partial charge in [0.2, 0.25) is 5.95 Å². The van der Waals surface area contributed by atoms with Crippen molar-refractivity contribution in [3.8, 4) is 11.5 Å². The molecule has 1 aromatic carbocycles. The van der Waals surface area contributed by atoms with E-state index in [1.54, 1.807) is 30.1 Å². The maximum atomic E-state index is 11.2. The molecule has 2 heterocycles. The zero-order valence-electron chi connectivity index (χ0n) is 20.7. The van der Waals surface area contributed by atoms with Gasteiger partial charge in [-0.15, -0.1) is 5.10 Å². The maximum absolute atomic E-state index is 11.2. The van der Waals surface area contributed by atoms with Gasteiger partial charge in [0.1, 0.15) is 12.1 Å². The number of nitrogen functional groups attached to an aromatic ring is 1. The Kier molecular flexibility index (Phi) is 11.0. The topological polar surface area (TPSA) is 140 Å². The highest BCUT2D eigenvalue weighted by molar-refractivity contribution is 5.76. The second-order valence-corrected chi connectivity index (χ2v) is 7.51. The van der Waals surface area contributed by atoms with E-state index < -0.39 is 0 Å². The van der Waals surface area contributed by atoms with Crippen LogP contribution >= 0.6 is 0 Å². The molecule has 1 aliphatic rings. The molecule has 0 saturated carbocycles. The number of aryl methyl sites for hydroxylation is 1. The summed E-state index contributed by atoms with van der Waals surface area (Å²) in [5, 5.41) is 6.87. The SMILES string of the molecule is CCn1nc(N)nc1Cc1ccc(OC)c(OC)c1.CN(C=N/C=C\C=O)CCN1CCNC1=O. The van der Waals surface area contributed by atoms with Crippen LogP contribution in [0.5, 0.6) is 11.5 Å². The number of rotatable bonds is 11. The number of amides is 2. The van der Waals surface area contributed by atoms with Crippen molar-refractivity contribution in [1.82, 2.24) is 29.9 Å². The van der Waals surface area contributed by atoms with Gasteiger partial charge in [0, 0.05) is 52.4 Å². The Morgan fingerprint density at radius 3 is 2.69 bits per heavy atom. The molecule has 3 N–H and O–H groups in total. The number of nitrogens with two attached hydrogens (primary N) is 1. The van der Waals surface area contributed by atoms with E-state index in [0.29, 0.717) is 43.2 Å². The zero-order chi connectivity index (χ0) is 25.6. The molecule has 35 heavy (non-hydrogen) atoms. The third-order valence-corrected chi connectivity index (χ3v) is 5.06. The molecule has 1 fully saturated rings. The van der Waals surface area contributed by atoms with E-state index in [1.807, 2.05) is 37.1 Å². The monoisotopic (exact) mass is 486 g/mol. The van der Waals surface area contributed by atoms with Crippen molar-refractivity contribution in [2.45, 2.75) is 19.9 Å². The van der Waals surface area contributed by atoms with Crippen LogP contribution < -0.4 is 20.5 Å². The van der Waals surface area contributed by atoms with Crippen LogP contribution in [0, 0.1) is 0 Å². The van der Waals surface area contributed by atoms with Crippen LogP contribution in [0.25, 0.3) is 0 Å². The number of carbonyl (C=O) groups excluding carboxylic acids is 2. The normalized spacial score (nSPS) is 13.0. The van der Waals surface area contributed by atoms with Gasteiger partial charge in [-0.25, -0.2) is 14.5 Å². The van der Waals surface area contributed by atoms with Crippen LogP contribution in [0.2, 0.25) is 0 Å². The van der Waals surface area contributed by atoms with E-state index in [-0.39, 0.29) is 6.03 Å². The Bertz CT molecular complexity index is 1020. The predicted molar refractivity (Wildman–Crippen MR) is 134 cm³/mol. The largest absolute Gasteiger partial charge is 0.493 e. The molecule has 190 valence electrons. The van der Waals surface area contributed by atoms with Crippen molar-refractivity contribution >= 4 is 24.6 Å². The summed E-state index contributed by atoms with van der Waals surface area (Å²) >= 11 is 0. The standard InChI is InChI=1S/C13H18N4O2.C10H16N4O2/c1-4-17-12(15-13(14)16-17)8-9-5-6-10(18-2)11(7-9)19-3;1-13(9-11-3-2-8-15)6-7-14-5-4-12-10(14)16/h5-7H,4,8H2,1-3H3,(H2,14,16);2-3,8-9H,4-7H2,1H3,(H,12,16)/b;3-2-,11-9?. The van der Waals surface area contributed by atoms with Crippen LogP contribution in [-0.2, 0) is 17.8 Å². The predicted octanol–water partition coefficient (Wildman–Crippen LogP) is 1.17. The molecule has 1 aliphatic heterocycles. The minimum absolute atomic E-state index is 0.00816. The van der Waals surface area contributed by atoms with Gasteiger partial charge in [0.15, 0.2) is 11.5 Å². The third-order valence-electron chi connectivity index (χ3n) is 5.06. The number of benzene rings is 1. The van der Waals surface area contributed by atoms with Gasteiger partial charge in [-0.2, -0.15) is 4.98 Å². The zero-order valence-corrected chi connectivity index (χ0v) is 20.7. The number of aliphatic imine (C=N–C) groups is 1. The molecule has 0 unspecified atom stereocenters. The molecule has 1 aromatic heterocycles. The molecular formula is C23H34N8O4. The number of aldehydes is 1. The lowest BCUT2D eigenvalue weighted by Gasteiger charge is -2.18. The number of carbonyl (C=O) groups is 2. The highest BCUT2D eigenvalue weighted by atomic mass is 16.5. The van der Waals surface area contributed by atoms with E-state index in [9.17, 15) is 9.59 Å². The number of urea groups is 1. The quantitative estimate of drug-likeness (QED) is 0.209. The first-order valence-electron chi connectivity index (χ1n) is 11.2. The fraction of sp³-hybridized carbons (Fsp3) is 0.435. The number of anilines is 1. The molecule has 0 bridgehead atoms. The molecule has 1 saturated heterocycles. The molecule has 0 aliphatic carbocycles. The summed E-state index contributed by atoms with van der Waals surface area (Å²) in [5.41, 5.74) is 6.69. The summed E-state index contributed by atoms with van der Waals surface area (Å²) in [5.74, 6) is 2.56. The summed E-state index contributed by atoms with van der Waals surface area (Å²) in [7, 11) is 5.10. The van der Waals surface area contributed by atoms with Crippen LogP contribution in [0.4, 0.5) is 10.7 Å². The summed E-state index contributed by atoms with van der Waals surface area (Å²) < 4.78 is 12.3. The van der Waals surface area contributed by atoms with Gasteiger partial charge in [-0.05, 0) is 30.7 Å². The highest BCUT2D eigenvalue weighted by Crippen LogP contribution is 2.28. The van der Waals surface area contributed by atoms with Crippen molar-refractivity contribution in [1.29, 1.82) is 0 Å². The van der Waals surface area contributed by atoms with Crippen molar-refractivity contribution < 1.29 is 19.1 Å². The average Bonchev–Trinajstić information content (AvgIpc) is 3.44. The molecule has 0 spiro atoms. The molecular weight excluding hydrogens is 452 g/mol. The molecule has 12 heteroatoms. The first-order valence-corrected chi connectivity index (χ1v) is 11.2. The van der Waals surface area contributed by atoms with Gasteiger partial charge in [-0.3, -0.25) is 4.79 Å². The average molecular weight is 487 g/mol. The number of nitrogens with one attached hydrogen (secondary N) is 1. The lowest BCUT2D eigenvalue weighted by molar-refractivity contribution is -0.104. The van der Waals surface area contributed by atoms with Crippen LogP contribution in [0.1, 0.15) is 18.3 Å². The number of allylic oxidation sites excluding steroid dienone is 1. The molecule has 12 nitrogen and oxygen atoms in total. The van der Waals surface area contributed by atoms with E-state index >= 15 is 0 Å². The number of nitrogens with zero attached hydrogens (tertiary/aromatic N) is 6. The lowest BCUT2D eigenvalue weighted by Crippen LogP contribution is -2.35. The smallest absolute Gasteiger partial charge is 0.317 e. The fourth-order valence-electron chi connectivity index (χ4n) is 3.25. The van der Waals surface area contributed by atoms with Crippen molar-refractivity contribution in [3.05, 3.63) is 41.9 Å². The van der Waals surface area contributed by atoms with E-state index in [0.717, 1.165) is 31.0 Å². The minimum atomic E-state index is -0.00816. The molecule has 3 rings (SSSR count). The van der Waals surface area contributed by atoms with E-state index in [2.05, 4.69) is 20.4 Å². The van der Waals surface area contributed by atoms with Gasteiger partial charge in [0.05, 0.1) is 20.6 Å². The Morgan fingerprint density at radius 2 is 2.06 bits per heavy atom. The summed E-state index contributed by atoms with van der Waals surface area (Å²) in [4.78, 5) is 32.9. The molecule has 0 radical (unpaired) electrons. The Morgan fingerprint density at radius 1 is 1.29 bits per heavy atom. The van der Waals surface area contributed by atoms with Gasteiger partial charge < -0.3 is 30.3 Å². The number of hydrogen-bond donors (Lipinski definition) is 2. The van der Waals surface area contributed by atoms with Gasteiger partial charge >= 0.3 is 6.03 Å². The fourth-order valence-corrected chi connectivity index (χ4v) is 3.25. The van der Waals surface area contributed by atoms with Gasteiger partial charge in [0.25, 0.3) is 0 Å². The number of methoxy groups -OCH3 is 2. The number of likely N-dealkylation sites (N-methyl/N-ethyl adjacent to an activating group) is 1. The maximum Gasteiger partial charge on any atom is 0.317 e. The van der Waals surface area contributed by atoms with Crippen LogP contribution in [0.3, 0.4) is 0 Å². The summed E-state index contributed by atoms with van der Waals surface area (Å²) in [6.07, 6.45) is 5.68. The third kappa shape index (κ3) is 8.65.